The number of rotatable bonds is 14. The molecule has 0 radical (unpaired) electrons. The molecular weight excluding hydrogens is 456 g/mol. The number of carboxylic acids is 1. The van der Waals surface area contributed by atoms with E-state index in [-0.39, 0.29) is 44.0 Å². The van der Waals surface area contributed by atoms with Crippen molar-refractivity contribution in [3.05, 3.63) is 35.9 Å². The van der Waals surface area contributed by atoms with Gasteiger partial charge in [-0.2, -0.15) is 0 Å². The molecule has 0 aliphatic carbocycles. The lowest BCUT2D eigenvalue weighted by atomic mass is 9.74. The monoisotopic (exact) mass is 488 g/mol. The molecular formula is C24H32N4O7. The molecule has 0 spiro atoms. The highest BCUT2D eigenvalue weighted by atomic mass is 16.4. The summed E-state index contributed by atoms with van der Waals surface area (Å²) in [5.41, 5.74) is -0.935. The maximum atomic E-state index is 13.3. The van der Waals surface area contributed by atoms with E-state index in [1.807, 2.05) is 0 Å². The van der Waals surface area contributed by atoms with Gasteiger partial charge in [0.1, 0.15) is 0 Å². The SMILES string of the molecule is CCC1(c2ccccc2)C(=O)NC(=O)N(CCCCC(=O)NCCCNC(=O)CCC(=O)O)C1=O. The van der Waals surface area contributed by atoms with Crippen LogP contribution in [-0.2, 0) is 29.4 Å². The number of carbonyl (C=O) groups is 6. The van der Waals surface area contributed by atoms with E-state index in [2.05, 4.69) is 16.0 Å². The van der Waals surface area contributed by atoms with Gasteiger partial charge in [-0.1, -0.05) is 37.3 Å². The summed E-state index contributed by atoms with van der Waals surface area (Å²) in [5, 5.41) is 16.1. The molecule has 11 heteroatoms. The summed E-state index contributed by atoms with van der Waals surface area (Å²) in [6.45, 7) is 2.49. The first-order valence-corrected chi connectivity index (χ1v) is 11.7. The fourth-order valence-electron chi connectivity index (χ4n) is 3.88. The summed E-state index contributed by atoms with van der Waals surface area (Å²) in [7, 11) is 0. The third-order valence-electron chi connectivity index (χ3n) is 5.86. The van der Waals surface area contributed by atoms with Crippen LogP contribution in [0.2, 0.25) is 0 Å². The van der Waals surface area contributed by atoms with Gasteiger partial charge in [-0.3, -0.25) is 34.2 Å². The fraction of sp³-hybridized carbons (Fsp3) is 0.500. The van der Waals surface area contributed by atoms with Gasteiger partial charge in [-0.05, 0) is 31.2 Å². The molecule has 1 saturated heterocycles. The van der Waals surface area contributed by atoms with Crippen LogP contribution in [0.3, 0.4) is 0 Å². The number of nitrogens with one attached hydrogen (secondary N) is 3. The normalized spacial score (nSPS) is 17.6. The molecule has 0 aromatic heterocycles. The zero-order valence-electron chi connectivity index (χ0n) is 19.8. The maximum absolute atomic E-state index is 13.3. The van der Waals surface area contributed by atoms with Crippen molar-refractivity contribution in [1.82, 2.24) is 20.9 Å². The number of benzene rings is 1. The molecule has 1 atom stereocenters. The van der Waals surface area contributed by atoms with Crippen molar-refractivity contribution in [3.8, 4) is 0 Å². The first-order valence-electron chi connectivity index (χ1n) is 11.7. The van der Waals surface area contributed by atoms with Crippen molar-refractivity contribution >= 4 is 35.6 Å². The molecule has 0 bridgehead atoms. The molecule has 6 amide bonds. The fourth-order valence-corrected chi connectivity index (χ4v) is 3.88. The van der Waals surface area contributed by atoms with Gasteiger partial charge in [0.25, 0.3) is 5.91 Å². The van der Waals surface area contributed by atoms with E-state index < -0.39 is 29.2 Å². The van der Waals surface area contributed by atoms with Gasteiger partial charge in [-0.25, -0.2) is 4.79 Å². The Bertz CT molecular complexity index is 950. The first kappa shape index (κ1) is 27.5. The second-order valence-electron chi connectivity index (χ2n) is 8.25. The van der Waals surface area contributed by atoms with Crippen LogP contribution in [0.5, 0.6) is 0 Å². The molecule has 190 valence electrons. The average molecular weight is 489 g/mol. The molecule has 2 rings (SSSR count). The number of barbiturate groups is 1. The Labute approximate surface area is 203 Å². The zero-order chi connectivity index (χ0) is 25.8. The van der Waals surface area contributed by atoms with E-state index in [9.17, 15) is 28.8 Å². The minimum Gasteiger partial charge on any atom is -0.481 e. The number of unbranched alkanes of at least 4 members (excludes halogenated alkanes) is 1. The molecule has 1 fully saturated rings. The lowest BCUT2D eigenvalue weighted by Crippen LogP contribution is -2.65. The molecule has 1 aliphatic heterocycles. The number of carbonyl (C=O) groups excluding carboxylic acids is 5. The average Bonchev–Trinajstić information content (AvgIpc) is 2.83. The smallest absolute Gasteiger partial charge is 0.330 e. The summed E-state index contributed by atoms with van der Waals surface area (Å²) < 4.78 is 0. The number of amides is 6. The number of urea groups is 1. The van der Waals surface area contributed by atoms with Gasteiger partial charge < -0.3 is 15.7 Å². The van der Waals surface area contributed by atoms with E-state index in [1.54, 1.807) is 37.3 Å². The quantitative estimate of drug-likeness (QED) is 0.225. The molecule has 4 N–H and O–H groups in total. The molecule has 1 aliphatic rings. The molecule has 11 nitrogen and oxygen atoms in total. The summed E-state index contributed by atoms with van der Waals surface area (Å²) in [4.78, 5) is 73.2. The van der Waals surface area contributed by atoms with Gasteiger partial charge in [0.15, 0.2) is 5.41 Å². The largest absolute Gasteiger partial charge is 0.481 e. The van der Waals surface area contributed by atoms with Crippen molar-refractivity contribution in [2.24, 2.45) is 0 Å². The highest BCUT2D eigenvalue weighted by molar-refractivity contribution is 6.22. The van der Waals surface area contributed by atoms with Gasteiger partial charge in [-0.15, -0.1) is 0 Å². The number of hydrogen-bond donors (Lipinski definition) is 4. The Kier molecular flexibility index (Phi) is 10.4. The second-order valence-corrected chi connectivity index (χ2v) is 8.25. The Morgan fingerprint density at radius 1 is 0.914 bits per heavy atom. The summed E-state index contributed by atoms with van der Waals surface area (Å²) in [5.74, 6) is -2.77. The molecule has 1 aromatic rings. The molecule has 1 aromatic carbocycles. The number of hydrogen-bond acceptors (Lipinski definition) is 6. The molecule has 1 unspecified atom stereocenters. The molecule has 1 heterocycles. The number of nitrogens with zero attached hydrogens (tertiary/aromatic N) is 1. The van der Waals surface area contributed by atoms with Crippen LogP contribution in [0.4, 0.5) is 4.79 Å². The van der Waals surface area contributed by atoms with Gasteiger partial charge in [0, 0.05) is 32.5 Å². The Morgan fingerprint density at radius 2 is 1.54 bits per heavy atom. The molecule has 0 saturated carbocycles. The van der Waals surface area contributed by atoms with E-state index in [0.29, 0.717) is 37.9 Å². The second kappa shape index (κ2) is 13.2. The third-order valence-corrected chi connectivity index (χ3v) is 5.86. The predicted molar refractivity (Wildman–Crippen MR) is 125 cm³/mol. The van der Waals surface area contributed by atoms with E-state index >= 15 is 0 Å². The van der Waals surface area contributed by atoms with E-state index in [0.717, 1.165) is 4.90 Å². The number of carboxylic acid groups (broad SMARTS) is 1. The minimum absolute atomic E-state index is 0.0852. The summed E-state index contributed by atoms with van der Waals surface area (Å²) in [6.07, 6.45) is 1.42. The van der Waals surface area contributed by atoms with E-state index in [4.69, 9.17) is 5.11 Å². The van der Waals surface area contributed by atoms with Crippen LogP contribution in [0.1, 0.15) is 57.4 Å². The highest BCUT2D eigenvalue weighted by Crippen LogP contribution is 2.33. The van der Waals surface area contributed by atoms with Crippen molar-refractivity contribution < 1.29 is 33.9 Å². The van der Waals surface area contributed by atoms with Gasteiger partial charge in [0.05, 0.1) is 6.42 Å². The van der Waals surface area contributed by atoms with Crippen molar-refractivity contribution in [3.63, 3.8) is 0 Å². The number of imide groups is 2. The maximum Gasteiger partial charge on any atom is 0.330 e. The van der Waals surface area contributed by atoms with Crippen molar-refractivity contribution in [2.75, 3.05) is 19.6 Å². The third kappa shape index (κ3) is 7.36. The summed E-state index contributed by atoms with van der Waals surface area (Å²) in [6, 6.07) is 7.89. The number of aliphatic carboxylic acids is 1. The Hall–Kier alpha value is -3.76. The summed E-state index contributed by atoms with van der Waals surface area (Å²) >= 11 is 0. The van der Waals surface area contributed by atoms with E-state index in [1.165, 1.54) is 0 Å². The van der Waals surface area contributed by atoms with Crippen molar-refractivity contribution in [1.29, 1.82) is 0 Å². The highest BCUT2D eigenvalue weighted by Gasteiger charge is 2.53. The van der Waals surface area contributed by atoms with Crippen LogP contribution in [0.15, 0.2) is 30.3 Å². The lowest BCUT2D eigenvalue weighted by molar-refractivity contribution is -0.145. The van der Waals surface area contributed by atoms with Crippen LogP contribution in [0.25, 0.3) is 0 Å². The first-order chi connectivity index (χ1) is 16.7. The Balaban J connectivity index is 1.74. The molecule has 35 heavy (non-hydrogen) atoms. The predicted octanol–water partition coefficient (Wildman–Crippen LogP) is 1.07. The van der Waals surface area contributed by atoms with Crippen LogP contribution in [-0.4, -0.2) is 65.3 Å². The lowest BCUT2D eigenvalue weighted by Gasteiger charge is -2.39. The van der Waals surface area contributed by atoms with Gasteiger partial charge in [0.2, 0.25) is 17.7 Å². The van der Waals surface area contributed by atoms with Crippen LogP contribution < -0.4 is 16.0 Å². The van der Waals surface area contributed by atoms with Crippen LogP contribution >= 0.6 is 0 Å². The standard InChI is InChI=1S/C24H32N4O7/c1-2-24(17-9-4-3-5-10-17)21(33)27-23(35)28(22(24)34)16-7-6-11-18(29)25-14-8-15-26-19(30)12-13-20(31)32/h3-5,9-10H,2,6-8,11-16H2,1H3,(H,25,29)(H,26,30)(H,31,32)(H,27,33,35). The topological polar surface area (TPSA) is 162 Å². The Morgan fingerprint density at radius 3 is 2.14 bits per heavy atom. The van der Waals surface area contributed by atoms with Crippen molar-refractivity contribution in [2.45, 2.75) is 57.3 Å². The zero-order valence-corrected chi connectivity index (χ0v) is 19.8. The minimum atomic E-state index is -1.46. The van der Waals surface area contributed by atoms with Crippen LogP contribution in [0, 0.1) is 0 Å². The van der Waals surface area contributed by atoms with Gasteiger partial charge >= 0.3 is 12.0 Å².